The molecule has 2 aromatic carbocycles. The first-order valence-corrected chi connectivity index (χ1v) is 10.1. The topological polar surface area (TPSA) is 117 Å². The van der Waals surface area contributed by atoms with Crippen LogP contribution >= 0.6 is 0 Å². The van der Waals surface area contributed by atoms with Crippen molar-refractivity contribution in [3.8, 4) is 5.69 Å². The predicted molar refractivity (Wildman–Crippen MR) is 123 cm³/mol. The monoisotopic (exact) mass is 434 g/mol. The van der Waals surface area contributed by atoms with Gasteiger partial charge in [-0.1, -0.05) is 39.0 Å². The number of carbonyl (C=O) groups is 2. The van der Waals surface area contributed by atoms with Gasteiger partial charge in [-0.05, 0) is 55.2 Å². The summed E-state index contributed by atoms with van der Waals surface area (Å²) in [5.41, 5.74) is 5.41. The quantitative estimate of drug-likeness (QED) is 0.420. The van der Waals surface area contributed by atoms with Gasteiger partial charge in [0.2, 0.25) is 0 Å². The number of hydrazone groups is 1. The minimum atomic E-state index is -1.13. The molecule has 1 heterocycles. The number of rotatable bonds is 5. The minimum Gasteiger partial charge on any atom is -0.478 e. The largest absolute Gasteiger partial charge is 0.478 e. The maximum Gasteiger partial charge on any atom is 0.335 e. The molecule has 0 saturated carbocycles. The molecule has 0 spiro atoms. The van der Waals surface area contributed by atoms with Crippen molar-refractivity contribution < 1.29 is 14.7 Å². The van der Waals surface area contributed by atoms with Gasteiger partial charge in [-0.2, -0.15) is 5.10 Å². The molecule has 3 N–H and O–H groups in total. The minimum absolute atomic E-state index is 0.000181. The number of aromatic amines is 1. The summed E-state index contributed by atoms with van der Waals surface area (Å²) in [7, 11) is 0. The zero-order valence-electron chi connectivity index (χ0n) is 18.7. The van der Waals surface area contributed by atoms with Crippen LogP contribution in [0.4, 0.5) is 0 Å². The van der Waals surface area contributed by atoms with Crippen molar-refractivity contribution in [1.29, 1.82) is 0 Å². The van der Waals surface area contributed by atoms with Crippen LogP contribution in [0.2, 0.25) is 0 Å². The maximum absolute atomic E-state index is 13.0. The van der Waals surface area contributed by atoms with Crippen molar-refractivity contribution in [3.63, 3.8) is 0 Å². The molecule has 8 heteroatoms. The smallest absolute Gasteiger partial charge is 0.335 e. The van der Waals surface area contributed by atoms with E-state index in [1.165, 1.54) is 28.9 Å². The molecule has 1 amide bonds. The molecule has 3 aromatic rings. The van der Waals surface area contributed by atoms with E-state index in [0.717, 1.165) is 5.56 Å². The molecule has 0 atom stereocenters. The predicted octanol–water partition coefficient (Wildman–Crippen LogP) is 3.62. The number of hydrogen-bond donors (Lipinski definition) is 3. The lowest BCUT2D eigenvalue weighted by Crippen LogP contribution is -2.23. The molecule has 0 unspecified atom stereocenters. The Morgan fingerprint density at radius 2 is 1.69 bits per heavy atom. The van der Waals surface area contributed by atoms with Gasteiger partial charge in [0.1, 0.15) is 0 Å². The second-order valence-corrected chi connectivity index (χ2v) is 8.57. The molecule has 0 aliphatic heterocycles. The molecular formula is C24H26N4O4. The number of benzene rings is 2. The molecule has 3 rings (SSSR count). The number of carboxylic acid groups (broad SMARTS) is 1. The zero-order valence-corrected chi connectivity index (χ0v) is 18.7. The van der Waals surface area contributed by atoms with E-state index in [1.807, 2.05) is 24.3 Å². The van der Waals surface area contributed by atoms with Crippen LogP contribution in [0, 0.1) is 6.92 Å². The van der Waals surface area contributed by atoms with Gasteiger partial charge in [-0.3, -0.25) is 14.7 Å². The van der Waals surface area contributed by atoms with Crippen LogP contribution < -0.4 is 11.0 Å². The molecule has 0 aliphatic rings. The van der Waals surface area contributed by atoms with Gasteiger partial charge in [0, 0.05) is 11.3 Å². The van der Waals surface area contributed by atoms with E-state index in [1.54, 1.807) is 13.8 Å². The van der Waals surface area contributed by atoms with Crippen LogP contribution in [-0.4, -0.2) is 32.5 Å². The highest BCUT2D eigenvalue weighted by Gasteiger charge is 2.17. The average Bonchev–Trinajstić information content (AvgIpc) is 3.05. The van der Waals surface area contributed by atoms with E-state index in [0.29, 0.717) is 22.7 Å². The number of amides is 1. The average molecular weight is 434 g/mol. The van der Waals surface area contributed by atoms with E-state index in [4.69, 9.17) is 5.11 Å². The number of hydrogen-bond acceptors (Lipinski definition) is 4. The maximum atomic E-state index is 13.0. The molecular weight excluding hydrogens is 408 g/mol. The van der Waals surface area contributed by atoms with E-state index in [2.05, 4.69) is 36.4 Å². The van der Waals surface area contributed by atoms with Crippen LogP contribution in [0.25, 0.3) is 5.69 Å². The second kappa shape index (κ2) is 8.66. The number of nitrogens with zero attached hydrogens (tertiary/aromatic N) is 2. The van der Waals surface area contributed by atoms with Crippen molar-refractivity contribution in [1.82, 2.24) is 15.2 Å². The van der Waals surface area contributed by atoms with Gasteiger partial charge in [0.25, 0.3) is 11.5 Å². The molecule has 0 radical (unpaired) electrons. The highest BCUT2D eigenvalue weighted by molar-refractivity contribution is 6.02. The molecule has 0 fully saturated rings. The van der Waals surface area contributed by atoms with Gasteiger partial charge in [-0.15, -0.1) is 0 Å². The summed E-state index contributed by atoms with van der Waals surface area (Å²) in [5.74, 6) is -1.70. The number of aromatic nitrogens is 2. The highest BCUT2D eigenvalue weighted by atomic mass is 16.4. The Kier molecular flexibility index (Phi) is 6.16. The number of H-pyrrole nitrogens is 1. The third kappa shape index (κ3) is 4.69. The van der Waals surface area contributed by atoms with Crippen molar-refractivity contribution in [3.05, 3.63) is 86.8 Å². The summed E-state index contributed by atoms with van der Waals surface area (Å²) in [6.45, 7) is 9.75. The molecule has 0 aliphatic carbocycles. The Bertz CT molecular complexity index is 1260. The lowest BCUT2D eigenvalue weighted by Gasteiger charge is -2.19. The summed E-state index contributed by atoms with van der Waals surface area (Å²) < 4.78 is 1.44. The third-order valence-corrected chi connectivity index (χ3v) is 5.12. The number of aryl methyl sites for hydroxylation is 1. The van der Waals surface area contributed by atoms with Crippen LogP contribution in [-0.2, 0) is 5.41 Å². The van der Waals surface area contributed by atoms with Gasteiger partial charge in [0.05, 0.1) is 22.5 Å². The van der Waals surface area contributed by atoms with E-state index in [-0.39, 0.29) is 22.1 Å². The van der Waals surface area contributed by atoms with E-state index >= 15 is 0 Å². The Labute approximate surface area is 185 Å². The summed E-state index contributed by atoms with van der Waals surface area (Å²) in [6, 6.07) is 13.4. The normalized spacial score (nSPS) is 12.0. The van der Waals surface area contributed by atoms with Crippen LogP contribution in [0.5, 0.6) is 0 Å². The van der Waals surface area contributed by atoms with E-state index < -0.39 is 11.9 Å². The number of carbonyl (C=O) groups excluding carboxylic acids is 1. The first-order chi connectivity index (χ1) is 15.0. The van der Waals surface area contributed by atoms with Gasteiger partial charge in [0.15, 0.2) is 0 Å². The summed E-state index contributed by atoms with van der Waals surface area (Å²) >= 11 is 0. The zero-order chi connectivity index (χ0) is 23.6. The van der Waals surface area contributed by atoms with E-state index in [9.17, 15) is 14.4 Å². The Morgan fingerprint density at radius 1 is 1.06 bits per heavy atom. The van der Waals surface area contributed by atoms with Crippen molar-refractivity contribution in [2.45, 2.75) is 40.0 Å². The lowest BCUT2D eigenvalue weighted by molar-refractivity contribution is 0.0697. The Balaban J connectivity index is 1.85. The Hall–Kier alpha value is -3.94. The van der Waals surface area contributed by atoms with Crippen LogP contribution in [0.3, 0.4) is 0 Å². The number of aromatic carboxylic acids is 1. The van der Waals surface area contributed by atoms with Gasteiger partial charge in [-0.25, -0.2) is 14.9 Å². The molecule has 0 saturated heterocycles. The molecule has 8 nitrogen and oxygen atoms in total. The fourth-order valence-corrected chi connectivity index (χ4v) is 3.31. The highest BCUT2D eigenvalue weighted by Crippen LogP contribution is 2.23. The van der Waals surface area contributed by atoms with Crippen LogP contribution in [0.1, 0.15) is 65.2 Å². The number of nitrogens with one attached hydrogen (secondary N) is 2. The summed E-state index contributed by atoms with van der Waals surface area (Å²) in [6.07, 6.45) is 0. The Morgan fingerprint density at radius 3 is 2.28 bits per heavy atom. The third-order valence-electron chi connectivity index (χ3n) is 5.12. The molecule has 32 heavy (non-hydrogen) atoms. The fourth-order valence-electron chi connectivity index (χ4n) is 3.31. The molecule has 0 bridgehead atoms. The molecule has 1 aromatic heterocycles. The summed E-state index contributed by atoms with van der Waals surface area (Å²) in [5, 5.41) is 16.2. The van der Waals surface area contributed by atoms with Crippen molar-refractivity contribution >= 4 is 17.6 Å². The molecule has 166 valence electrons. The standard InChI is InChI=1S/C24H26N4O4/c1-14(25-26-21(29)16-7-6-8-17(13-16)23(31)32)20-15(2)27-28(22(20)30)19-11-9-18(10-12-19)24(3,4)5/h6-13,27H,1-5H3,(H,26,29)(H,31,32). The van der Waals surface area contributed by atoms with Gasteiger partial charge < -0.3 is 5.11 Å². The van der Waals surface area contributed by atoms with Crippen molar-refractivity contribution in [2.24, 2.45) is 5.10 Å². The fraction of sp³-hybridized carbons (Fsp3) is 0.250. The second-order valence-electron chi connectivity index (χ2n) is 8.57. The van der Waals surface area contributed by atoms with Crippen molar-refractivity contribution in [2.75, 3.05) is 0 Å². The van der Waals surface area contributed by atoms with Crippen LogP contribution in [0.15, 0.2) is 58.4 Å². The first-order valence-electron chi connectivity index (χ1n) is 10.1. The SMILES string of the molecule is CC(=NNC(=O)c1cccc(C(=O)O)c1)c1c(C)[nH]n(-c2ccc(C(C)(C)C)cc2)c1=O. The lowest BCUT2D eigenvalue weighted by atomic mass is 9.87. The van der Waals surface area contributed by atoms with Gasteiger partial charge >= 0.3 is 5.97 Å². The first kappa shape index (κ1) is 22.7. The number of carboxylic acids is 1. The summed E-state index contributed by atoms with van der Waals surface area (Å²) in [4.78, 5) is 36.5.